The van der Waals surface area contributed by atoms with E-state index in [9.17, 15) is 0 Å². The summed E-state index contributed by atoms with van der Waals surface area (Å²) in [5, 5.41) is 9.84. The number of ether oxygens (including phenoxy) is 1. The lowest BCUT2D eigenvalue weighted by atomic mass is 9.86. The van der Waals surface area contributed by atoms with Gasteiger partial charge < -0.3 is 4.74 Å². The Morgan fingerprint density at radius 2 is 0.927 bits per heavy atom. The topological polar surface area (TPSA) is 9.23 Å². The minimum Gasteiger partial charge on any atom is -0.455 e. The maximum atomic E-state index is 6.77. The third kappa shape index (κ3) is 3.36. The van der Waals surface area contributed by atoms with Gasteiger partial charge in [-0.3, -0.25) is 0 Å². The first-order valence-electron chi connectivity index (χ1n) is 14.1. The van der Waals surface area contributed by atoms with Crippen molar-refractivity contribution in [1.82, 2.24) is 0 Å². The highest BCUT2D eigenvalue weighted by atomic mass is 16.5. The van der Waals surface area contributed by atoms with Gasteiger partial charge in [0.05, 0.1) is 0 Å². The Balaban J connectivity index is 1.26. The van der Waals surface area contributed by atoms with Gasteiger partial charge in [-0.05, 0) is 84.2 Å². The van der Waals surface area contributed by atoms with Crippen molar-refractivity contribution in [3.8, 4) is 44.9 Å². The van der Waals surface area contributed by atoms with Crippen LogP contribution in [0, 0.1) is 0 Å². The van der Waals surface area contributed by atoms with E-state index in [0.717, 1.165) is 22.6 Å². The molecular formula is C40H24O. The van der Waals surface area contributed by atoms with Crippen LogP contribution in [0.1, 0.15) is 0 Å². The largest absolute Gasteiger partial charge is 0.455 e. The maximum Gasteiger partial charge on any atom is 0.144 e. The summed E-state index contributed by atoms with van der Waals surface area (Å²) in [6.45, 7) is 0. The zero-order chi connectivity index (χ0) is 26.9. The highest BCUT2D eigenvalue weighted by Gasteiger charge is 2.25. The van der Waals surface area contributed by atoms with Crippen LogP contribution in [0.5, 0.6) is 11.5 Å². The van der Waals surface area contributed by atoms with E-state index in [4.69, 9.17) is 4.74 Å². The van der Waals surface area contributed by atoms with Gasteiger partial charge in [-0.25, -0.2) is 0 Å². The fraction of sp³-hybridized carbons (Fsp3) is 0. The lowest BCUT2D eigenvalue weighted by Gasteiger charge is -2.25. The first-order valence-corrected chi connectivity index (χ1v) is 14.1. The fourth-order valence-corrected chi connectivity index (χ4v) is 6.66. The smallest absolute Gasteiger partial charge is 0.144 e. The molecule has 0 bridgehead atoms. The Hall–Kier alpha value is -5.40. The zero-order valence-electron chi connectivity index (χ0n) is 22.3. The van der Waals surface area contributed by atoms with Crippen LogP contribution in [-0.2, 0) is 0 Å². The van der Waals surface area contributed by atoms with Crippen molar-refractivity contribution in [2.75, 3.05) is 0 Å². The van der Waals surface area contributed by atoms with E-state index < -0.39 is 0 Å². The molecule has 9 rings (SSSR count). The standard InChI is InChI=1S/C40H24O/c1-2-9-26-22-27(17-16-25(26)8-1)28-18-19-30-24-31(21-20-29(30)23-28)38-34-12-4-3-10-32(34)35-13-7-14-36-33-11-5-6-15-37(33)41-40(38)39(35)36/h1-24H. The van der Waals surface area contributed by atoms with Crippen molar-refractivity contribution in [2.45, 2.75) is 0 Å². The first-order chi connectivity index (χ1) is 20.3. The Morgan fingerprint density at radius 3 is 1.76 bits per heavy atom. The van der Waals surface area contributed by atoms with Gasteiger partial charge in [-0.2, -0.15) is 0 Å². The summed E-state index contributed by atoms with van der Waals surface area (Å²) in [6.07, 6.45) is 0. The van der Waals surface area contributed by atoms with Gasteiger partial charge in [0.25, 0.3) is 0 Å². The fourth-order valence-electron chi connectivity index (χ4n) is 6.66. The van der Waals surface area contributed by atoms with E-state index >= 15 is 0 Å². The van der Waals surface area contributed by atoms with Crippen LogP contribution in [0.4, 0.5) is 0 Å². The summed E-state index contributed by atoms with van der Waals surface area (Å²) in [4.78, 5) is 0. The van der Waals surface area contributed by atoms with E-state index in [0.29, 0.717) is 0 Å². The number of fused-ring (bicyclic) bond motifs is 6. The molecule has 8 aromatic rings. The lowest BCUT2D eigenvalue weighted by Crippen LogP contribution is -2.00. The van der Waals surface area contributed by atoms with Crippen LogP contribution in [0.2, 0.25) is 0 Å². The Morgan fingerprint density at radius 1 is 0.366 bits per heavy atom. The predicted molar refractivity (Wildman–Crippen MR) is 173 cm³/mol. The second kappa shape index (κ2) is 8.55. The number of hydrogen-bond donors (Lipinski definition) is 0. The van der Waals surface area contributed by atoms with E-state index in [1.165, 1.54) is 65.3 Å². The molecule has 8 aromatic carbocycles. The Kier molecular flexibility index (Phi) is 4.67. The van der Waals surface area contributed by atoms with Crippen molar-refractivity contribution < 1.29 is 4.74 Å². The number of benzene rings is 8. The van der Waals surface area contributed by atoms with Crippen LogP contribution in [-0.4, -0.2) is 0 Å². The van der Waals surface area contributed by atoms with Gasteiger partial charge in [0.1, 0.15) is 11.5 Å². The molecule has 1 heteroatoms. The molecule has 0 aliphatic carbocycles. The molecular weight excluding hydrogens is 496 g/mol. The first kappa shape index (κ1) is 22.4. The Bertz CT molecular complexity index is 2340. The molecule has 0 radical (unpaired) electrons. The van der Waals surface area contributed by atoms with E-state index in [1.807, 2.05) is 6.07 Å². The summed E-state index contributed by atoms with van der Waals surface area (Å²) in [6, 6.07) is 52.6. The lowest BCUT2D eigenvalue weighted by molar-refractivity contribution is 0.489. The molecule has 1 aliphatic heterocycles. The van der Waals surface area contributed by atoms with Crippen LogP contribution in [0.3, 0.4) is 0 Å². The molecule has 190 valence electrons. The SMILES string of the molecule is c1ccc2c(c1)Oc1c(-c3ccc4cc(-c5ccc6ccccc6c5)ccc4c3)c3ccccc3c3cccc-2c13. The molecule has 1 aliphatic rings. The van der Waals surface area contributed by atoms with Crippen molar-refractivity contribution in [3.05, 3.63) is 146 Å². The maximum absolute atomic E-state index is 6.77. The number of hydrogen-bond acceptors (Lipinski definition) is 1. The molecule has 0 spiro atoms. The highest BCUT2D eigenvalue weighted by molar-refractivity contribution is 6.22. The van der Waals surface area contributed by atoms with Crippen molar-refractivity contribution in [1.29, 1.82) is 0 Å². The van der Waals surface area contributed by atoms with Gasteiger partial charge in [0, 0.05) is 16.5 Å². The average Bonchev–Trinajstić information content (AvgIpc) is 3.04. The second-order valence-electron chi connectivity index (χ2n) is 10.9. The quantitative estimate of drug-likeness (QED) is 0.206. The molecule has 0 saturated heterocycles. The van der Waals surface area contributed by atoms with Crippen LogP contribution < -0.4 is 4.74 Å². The molecule has 1 heterocycles. The number of para-hydroxylation sites is 1. The van der Waals surface area contributed by atoms with E-state index in [-0.39, 0.29) is 0 Å². The van der Waals surface area contributed by atoms with Crippen LogP contribution in [0.25, 0.3) is 76.5 Å². The summed E-state index contributed by atoms with van der Waals surface area (Å²) < 4.78 is 6.77. The summed E-state index contributed by atoms with van der Waals surface area (Å²) >= 11 is 0. The Labute approximate surface area is 237 Å². The molecule has 0 saturated carbocycles. The molecule has 0 N–H and O–H groups in total. The monoisotopic (exact) mass is 520 g/mol. The van der Waals surface area contributed by atoms with Crippen LogP contribution >= 0.6 is 0 Å². The molecule has 0 atom stereocenters. The van der Waals surface area contributed by atoms with Gasteiger partial charge in [-0.15, -0.1) is 0 Å². The van der Waals surface area contributed by atoms with E-state index in [2.05, 4.69) is 140 Å². The summed E-state index contributed by atoms with van der Waals surface area (Å²) in [5.74, 6) is 1.85. The van der Waals surface area contributed by atoms with Crippen LogP contribution in [0.15, 0.2) is 146 Å². The normalized spacial score (nSPS) is 12.1. The van der Waals surface area contributed by atoms with Gasteiger partial charge >= 0.3 is 0 Å². The second-order valence-corrected chi connectivity index (χ2v) is 10.9. The van der Waals surface area contributed by atoms with Crippen molar-refractivity contribution in [2.24, 2.45) is 0 Å². The van der Waals surface area contributed by atoms with Gasteiger partial charge in [0.15, 0.2) is 0 Å². The molecule has 1 nitrogen and oxygen atoms in total. The molecule has 0 fully saturated rings. The molecule has 0 aromatic heterocycles. The molecule has 0 unspecified atom stereocenters. The predicted octanol–water partition coefficient (Wildman–Crippen LogP) is 11.4. The zero-order valence-corrected chi connectivity index (χ0v) is 22.3. The average molecular weight is 521 g/mol. The molecule has 0 amide bonds. The molecule has 41 heavy (non-hydrogen) atoms. The van der Waals surface area contributed by atoms with Gasteiger partial charge in [-0.1, -0.05) is 121 Å². The van der Waals surface area contributed by atoms with Crippen molar-refractivity contribution >= 4 is 43.1 Å². The summed E-state index contributed by atoms with van der Waals surface area (Å²) in [5.41, 5.74) is 7.15. The van der Waals surface area contributed by atoms with Gasteiger partial charge in [0.2, 0.25) is 0 Å². The number of rotatable bonds is 2. The highest BCUT2D eigenvalue weighted by Crippen LogP contribution is 2.53. The van der Waals surface area contributed by atoms with E-state index in [1.54, 1.807) is 0 Å². The summed E-state index contributed by atoms with van der Waals surface area (Å²) in [7, 11) is 0. The minimum atomic E-state index is 0.907. The minimum absolute atomic E-state index is 0.907. The third-order valence-corrected chi connectivity index (χ3v) is 8.61. The van der Waals surface area contributed by atoms with Crippen molar-refractivity contribution in [3.63, 3.8) is 0 Å². The third-order valence-electron chi connectivity index (χ3n) is 8.61.